The van der Waals surface area contributed by atoms with Crippen LogP contribution in [0.2, 0.25) is 5.02 Å². The number of hydrogen-bond donors (Lipinski definition) is 3. The van der Waals surface area contributed by atoms with Crippen molar-refractivity contribution in [3.63, 3.8) is 0 Å². The Bertz CT molecular complexity index is 751. The van der Waals surface area contributed by atoms with Crippen LogP contribution in [0.1, 0.15) is 24.8 Å². The number of rotatable bonds is 3. The molecule has 2 unspecified atom stereocenters. The molecule has 1 aliphatic carbocycles. The van der Waals surface area contributed by atoms with Crippen LogP contribution < -0.4 is 11.5 Å². The number of nitrogens with one attached hydrogen (secondary N) is 1. The zero-order valence-corrected chi connectivity index (χ0v) is 12.8. The van der Waals surface area contributed by atoms with Crippen LogP contribution >= 0.6 is 11.6 Å². The van der Waals surface area contributed by atoms with Crippen molar-refractivity contribution in [3.8, 4) is 11.4 Å². The highest BCUT2D eigenvalue weighted by molar-refractivity contribution is 6.31. The summed E-state index contributed by atoms with van der Waals surface area (Å²) in [6, 6.07) is 5.69. The maximum atomic E-state index is 12.1. The highest BCUT2D eigenvalue weighted by atomic mass is 35.5. The zero-order chi connectivity index (χ0) is 15.9. The van der Waals surface area contributed by atoms with E-state index in [2.05, 4.69) is 15.0 Å². The molecule has 6 nitrogen and oxygen atoms in total. The van der Waals surface area contributed by atoms with E-state index in [9.17, 15) is 4.79 Å². The van der Waals surface area contributed by atoms with Gasteiger partial charge in [0, 0.05) is 23.0 Å². The van der Waals surface area contributed by atoms with Crippen molar-refractivity contribution in [2.75, 3.05) is 0 Å². The average Bonchev–Trinajstić information content (AvgIpc) is 2.90. The molecule has 2 atom stereocenters. The Hall–Kier alpha value is -2.34. The average molecular weight is 318 g/mol. The number of aromatic amines is 1. The summed E-state index contributed by atoms with van der Waals surface area (Å²) in [7, 11) is 0. The smallest absolute Gasteiger partial charge is 0.255 e. The van der Waals surface area contributed by atoms with Gasteiger partial charge in [0.2, 0.25) is 0 Å². The monoisotopic (exact) mass is 317 g/mol. The van der Waals surface area contributed by atoms with Crippen molar-refractivity contribution in [2.24, 2.45) is 21.9 Å². The van der Waals surface area contributed by atoms with Crippen LogP contribution in [0.15, 0.2) is 35.6 Å². The summed E-state index contributed by atoms with van der Waals surface area (Å²) >= 11 is 6.20. The van der Waals surface area contributed by atoms with Crippen molar-refractivity contribution in [3.05, 3.63) is 41.2 Å². The van der Waals surface area contributed by atoms with E-state index in [1.807, 2.05) is 25.1 Å². The number of hydrogen-bond acceptors (Lipinski definition) is 2. The second-order valence-electron chi connectivity index (χ2n) is 5.73. The molecule has 1 aromatic heterocycles. The lowest BCUT2D eigenvalue weighted by atomic mass is 9.98. The third-order valence-electron chi connectivity index (χ3n) is 4.05. The second-order valence-corrected chi connectivity index (χ2v) is 6.16. The van der Waals surface area contributed by atoms with E-state index in [-0.39, 0.29) is 17.8 Å². The van der Waals surface area contributed by atoms with Crippen LogP contribution in [0.25, 0.3) is 11.4 Å². The molecule has 22 heavy (non-hydrogen) atoms. The van der Waals surface area contributed by atoms with Gasteiger partial charge in [-0.25, -0.2) is 4.98 Å². The number of imidazole rings is 1. The Kier molecular flexibility index (Phi) is 3.41. The molecule has 1 fully saturated rings. The minimum absolute atomic E-state index is 0.0514. The number of carbonyl (C=O) groups is 1. The van der Waals surface area contributed by atoms with Gasteiger partial charge >= 0.3 is 0 Å². The van der Waals surface area contributed by atoms with Crippen LogP contribution in [-0.2, 0) is 4.79 Å². The molecule has 1 amide bonds. The molecule has 0 radical (unpaired) electrons. The van der Waals surface area contributed by atoms with Crippen LogP contribution in [0.3, 0.4) is 0 Å². The number of H-pyrrole nitrogens is 1. The van der Waals surface area contributed by atoms with E-state index < -0.39 is 5.41 Å². The van der Waals surface area contributed by atoms with E-state index in [0.717, 1.165) is 17.0 Å². The van der Waals surface area contributed by atoms with Crippen LogP contribution in [0.4, 0.5) is 0 Å². The van der Waals surface area contributed by atoms with Crippen LogP contribution in [-0.4, -0.2) is 21.8 Å². The number of guanidine groups is 1. The fourth-order valence-corrected chi connectivity index (χ4v) is 2.95. The zero-order valence-electron chi connectivity index (χ0n) is 12.0. The van der Waals surface area contributed by atoms with Gasteiger partial charge in [-0.05, 0) is 36.1 Å². The van der Waals surface area contributed by atoms with Gasteiger partial charge in [-0.15, -0.1) is 0 Å². The molecule has 0 saturated heterocycles. The topological polar surface area (TPSA) is 110 Å². The van der Waals surface area contributed by atoms with Gasteiger partial charge in [0.05, 0.1) is 5.41 Å². The first-order valence-electron chi connectivity index (χ1n) is 6.84. The standard InChI is InChI=1S/C15H16ClN5O/c1-15(13(22)21-14(17)18)7-11(15)8-4-9(6-10(16)5-8)12-19-2-3-20-12/h2-6,11H,7H2,1H3,(H,19,20)(H4,17,18,21,22). The van der Waals surface area contributed by atoms with Crippen LogP contribution in [0.5, 0.6) is 0 Å². The maximum absolute atomic E-state index is 12.1. The molecule has 114 valence electrons. The van der Waals surface area contributed by atoms with E-state index in [0.29, 0.717) is 11.4 Å². The summed E-state index contributed by atoms with van der Waals surface area (Å²) in [5.74, 6) is 0.286. The highest BCUT2D eigenvalue weighted by Crippen LogP contribution is 2.60. The molecular formula is C15H16ClN5O. The Morgan fingerprint density at radius 2 is 2.23 bits per heavy atom. The van der Waals surface area contributed by atoms with E-state index in [4.69, 9.17) is 23.1 Å². The SMILES string of the molecule is CC1(C(=O)N=C(N)N)CC1c1cc(Cl)cc(-c2ncc[nH]2)c1. The lowest BCUT2D eigenvalue weighted by Crippen LogP contribution is -2.26. The van der Waals surface area contributed by atoms with E-state index in [1.165, 1.54) is 0 Å². The first-order valence-corrected chi connectivity index (χ1v) is 7.22. The summed E-state index contributed by atoms with van der Waals surface area (Å²) in [5, 5.41) is 0.604. The number of aromatic nitrogens is 2. The third kappa shape index (κ3) is 2.57. The molecule has 7 heteroatoms. The molecule has 0 bridgehead atoms. The van der Waals surface area contributed by atoms with Gasteiger partial charge < -0.3 is 16.5 Å². The summed E-state index contributed by atoms with van der Waals surface area (Å²) in [6.45, 7) is 1.86. The number of benzene rings is 1. The van der Waals surface area contributed by atoms with E-state index in [1.54, 1.807) is 12.4 Å². The fourth-order valence-electron chi connectivity index (χ4n) is 2.71. The summed E-state index contributed by atoms with van der Waals surface area (Å²) in [4.78, 5) is 23.1. The summed E-state index contributed by atoms with van der Waals surface area (Å²) in [5.41, 5.74) is 11.9. The minimum Gasteiger partial charge on any atom is -0.370 e. The maximum Gasteiger partial charge on any atom is 0.255 e. The predicted molar refractivity (Wildman–Crippen MR) is 85.3 cm³/mol. The van der Waals surface area contributed by atoms with Crippen LogP contribution in [0, 0.1) is 5.41 Å². The number of carbonyl (C=O) groups excluding carboxylic acids is 1. The van der Waals surface area contributed by atoms with Crippen molar-refractivity contribution >= 4 is 23.5 Å². The van der Waals surface area contributed by atoms with Gasteiger partial charge in [0.15, 0.2) is 5.96 Å². The highest BCUT2D eigenvalue weighted by Gasteiger charge is 2.56. The lowest BCUT2D eigenvalue weighted by Gasteiger charge is -2.09. The van der Waals surface area contributed by atoms with Crippen molar-refractivity contribution in [1.82, 2.24) is 9.97 Å². The first kappa shape index (κ1) is 14.6. The van der Waals surface area contributed by atoms with E-state index >= 15 is 0 Å². The molecule has 1 saturated carbocycles. The van der Waals surface area contributed by atoms with Gasteiger partial charge in [0.25, 0.3) is 5.91 Å². The largest absolute Gasteiger partial charge is 0.370 e. The Morgan fingerprint density at radius 3 is 2.86 bits per heavy atom. The molecule has 2 aromatic rings. The minimum atomic E-state index is -0.574. The molecule has 1 heterocycles. The van der Waals surface area contributed by atoms with Gasteiger partial charge in [0.1, 0.15) is 5.82 Å². The normalized spacial score (nSPS) is 23.1. The van der Waals surface area contributed by atoms with Gasteiger partial charge in [-0.3, -0.25) is 4.79 Å². The Labute approximate surface area is 132 Å². The van der Waals surface area contributed by atoms with Gasteiger partial charge in [-0.2, -0.15) is 4.99 Å². The Morgan fingerprint density at radius 1 is 1.45 bits per heavy atom. The van der Waals surface area contributed by atoms with Gasteiger partial charge in [-0.1, -0.05) is 18.5 Å². The fraction of sp³-hybridized carbons (Fsp3) is 0.267. The van der Waals surface area contributed by atoms with Crippen molar-refractivity contribution in [2.45, 2.75) is 19.3 Å². The second kappa shape index (κ2) is 5.14. The molecule has 1 aromatic carbocycles. The van der Waals surface area contributed by atoms with Crippen molar-refractivity contribution in [1.29, 1.82) is 0 Å². The Balaban J connectivity index is 1.91. The number of nitrogens with zero attached hydrogens (tertiary/aromatic N) is 2. The number of nitrogens with two attached hydrogens (primary N) is 2. The molecule has 3 rings (SSSR count). The summed E-state index contributed by atoms with van der Waals surface area (Å²) in [6.07, 6.45) is 4.12. The van der Waals surface area contributed by atoms with Crippen molar-refractivity contribution < 1.29 is 4.79 Å². The summed E-state index contributed by atoms with van der Waals surface area (Å²) < 4.78 is 0. The molecule has 0 aliphatic heterocycles. The number of amides is 1. The molecule has 1 aliphatic rings. The molecule has 0 spiro atoms. The predicted octanol–water partition coefficient (Wildman–Crippen LogP) is 2.02. The molecule has 5 N–H and O–H groups in total. The number of aliphatic imine (C=N–C) groups is 1. The quantitative estimate of drug-likeness (QED) is 0.594. The number of halogens is 1. The third-order valence-corrected chi connectivity index (χ3v) is 4.27. The first-order chi connectivity index (χ1) is 10.4. The molecular weight excluding hydrogens is 302 g/mol. The lowest BCUT2D eigenvalue weighted by molar-refractivity contribution is -0.122.